The van der Waals surface area contributed by atoms with E-state index in [1.54, 1.807) is 0 Å². The minimum atomic E-state index is -0.867. The van der Waals surface area contributed by atoms with Crippen LogP contribution in [-0.4, -0.2) is 61.4 Å². The van der Waals surface area contributed by atoms with Crippen LogP contribution in [0.2, 0.25) is 0 Å². The summed E-state index contributed by atoms with van der Waals surface area (Å²) in [4.78, 5) is 46.8. The van der Waals surface area contributed by atoms with Gasteiger partial charge in [-0.15, -0.1) is 0 Å². The van der Waals surface area contributed by atoms with Crippen LogP contribution in [0, 0.1) is 0 Å². The van der Waals surface area contributed by atoms with Crippen LogP contribution in [0.25, 0.3) is 0 Å². The Bertz CT molecular complexity index is 423. The largest absolute Gasteiger partial charge is 0.467 e. The summed E-state index contributed by atoms with van der Waals surface area (Å²) in [6.07, 6.45) is 0.638. The van der Waals surface area contributed by atoms with Gasteiger partial charge in [0.15, 0.2) is 0 Å². The number of ether oxygens (including phenoxy) is 1. The molecule has 2 N–H and O–H groups in total. The molecule has 1 heterocycles. The van der Waals surface area contributed by atoms with Crippen molar-refractivity contribution in [3.63, 3.8) is 0 Å². The topological polar surface area (TPSA) is 105 Å². The van der Waals surface area contributed by atoms with Crippen molar-refractivity contribution in [3.8, 4) is 0 Å². The molecule has 2 unspecified atom stereocenters. The maximum absolute atomic E-state index is 11.8. The molecule has 3 amide bonds. The molecule has 112 valence electrons. The van der Waals surface area contributed by atoms with Crippen molar-refractivity contribution in [1.29, 1.82) is 0 Å². The molecular formula is C12H19N3O5. The maximum atomic E-state index is 11.8. The van der Waals surface area contributed by atoms with E-state index in [0.29, 0.717) is 6.42 Å². The van der Waals surface area contributed by atoms with Gasteiger partial charge >= 0.3 is 5.97 Å². The van der Waals surface area contributed by atoms with Crippen molar-refractivity contribution in [3.05, 3.63) is 0 Å². The summed E-state index contributed by atoms with van der Waals surface area (Å²) in [5, 5.41) is 5.32. The number of imide groups is 1. The average molecular weight is 285 g/mol. The first-order valence-electron chi connectivity index (χ1n) is 6.25. The van der Waals surface area contributed by atoms with Crippen molar-refractivity contribution in [2.75, 3.05) is 20.7 Å². The third kappa shape index (κ3) is 4.02. The van der Waals surface area contributed by atoms with Gasteiger partial charge in [0.25, 0.3) is 0 Å². The summed E-state index contributed by atoms with van der Waals surface area (Å²) in [7, 11) is 2.64. The van der Waals surface area contributed by atoms with Crippen LogP contribution in [0.4, 0.5) is 0 Å². The monoisotopic (exact) mass is 285 g/mol. The van der Waals surface area contributed by atoms with E-state index in [2.05, 4.69) is 15.4 Å². The molecule has 8 heteroatoms. The molecular weight excluding hydrogens is 266 g/mol. The number of amides is 3. The molecule has 2 atom stereocenters. The van der Waals surface area contributed by atoms with Crippen molar-refractivity contribution in [1.82, 2.24) is 15.5 Å². The predicted octanol–water partition coefficient (Wildman–Crippen LogP) is -1.60. The van der Waals surface area contributed by atoms with Crippen molar-refractivity contribution in [2.24, 2.45) is 0 Å². The number of methoxy groups -OCH3 is 1. The second-order valence-corrected chi connectivity index (χ2v) is 4.57. The van der Waals surface area contributed by atoms with Crippen LogP contribution in [0.1, 0.15) is 19.8 Å². The Kier molecular flexibility index (Phi) is 5.63. The van der Waals surface area contributed by atoms with Gasteiger partial charge in [0.1, 0.15) is 6.04 Å². The van der Waals surface area contributed by atoms with Gasteiger partial charge < -0.3 is 15.4 Å². The number of hydrogen-bond donors (Lipinski definition) is 2. The lowest BCUT2D eigenvalue weighted by atomic mass is 10.0. The molecule has 0 saturated carbocycles. The van der Waals surface area contributed by atoms with Gasteiger partial charge in [0, 0.05) is 26.9 Å². The molecule has 1 aliphatic rings. The van der Waals surface area contributed by atoms with Crippen molar-refractivity contribution < 1.29 is 23.9 Å². The fourth-order valence-electron chi connectivity index (χ4n) is 1.95. The van der Waals surface area contributed by atoms with Crippen LogP contribution in [0.5, 0.6) is 0 Å². The Labute approximate surface area is 116 Å². The summed E-state index contributed by atoms with van der Waals surface area (Å²) in [5.41, 5.74) is 0. The summed E-state index contributed by atoms with van der Waals surface area (Å²) in [5.74, 6) is -1.53. The SMILES string of the molecule is COC(=O)C(CNC1CCC(=O)N(C)C1=O)NC(C)=O. The molecule has 0 aliphatic carbocycles. The summed E-state index contributed by atoms with van der Waals surface area (Å²) in [6.45, 7) is 1.35. The molecule has 0 aromatic heterocycles. The minimum absolute atomic E-state index is 0.0602. The molecule has 0 spiro atoms. The molecule has 20 heavy (non-hydrogen) atoms. The lowest BCUT2D eigenvalue weighted by Crippen LogP contribution is -2.55. The number of nitrogens with zero attached hydrogens (tertiary/aromatic N) is 1. The quantitative estimate of drug-likeness (QED) is 0.466. The van der Waals surface area contributed by atoms with E-state index in [1.807, 2.05) is 0 Å². The Morgan fingerprint density at radius 1 is 1.45 bits per heavy atom. The summed E-state index contributed by atoms with van der Waals surface area (Å²) >= 11 is 0. The third-order valence-corrected chi connectivity index (χ3v) is 3.08. The predicted molar refractivity (Wildman–Crippen MR) is 68.4 cm³/mol. The molecule has 8 nitrogen and oxygen atoms in total. The van der Waals surface area contributed by atoms with Gasteiger partial charge in [0.05, 0.1) is 13.2 Å². The Hall–Kier alpha value is -1.96. The molecule has 0 bridgehead atoms. The number of piperidine rings is 1. The fraction of sp³-hybridized carbons (Fsp3) is 0.667. The molecule has 1 saturated heterocycles. The minimum Gasteiger partial charge on any atom is -0.467 e. The lowest BCUT2D eigenvalue weighted by Gasteiger charge is -2.29. The van der Waals surface area contributed by atoms with Gasteiger partial charge in [-0.05, 0) is 6.42 Å². The second-order valence-electron chi connectivity index (χ2n) is 4.57. The highest BCUT2D eigenvalue weighted by molar-refractivity contribution is 6.00. The zero-order valence-electron chi connectivity index (χ0n) is 11.8. The van der Waals surface area contributed by atoms with E-state index >= 15 is 0 Å². The number of likely N-dealkylation sites (tertiary alicyclic amines) is 1. The third-order valence-electron chi connectivity index (χ3n) is 3.08. The molecule has 1 rings (SSSR count). The van der Waals surface area contributed by atoms with Crippen molar-refractivity contribution in [2.45, 2.75) is 31.8 Å². The van der Waals surface area contributed by atoms with Crippen LogP contribution in [-0.2, 0) is 23.9 Å². The average Bonchev–Trinajstić information content (AvgIpc) is 2.41. The number of carbonyl (C=O) groups is 4. The lowest BCUT2D eigenvalue weighted by molar-refractivity contribution is -0.149. The van der Waals surface area contributed by atoms with Crippen LogP contribution in [0.3, 0.4) is 0 Å². The second kappa shape index (κ2) is 6.99. The van der Waals surface area contributed by atoms with E-state index in [9.17, 15) is 19.2 Å². The Morgan fingerprint density at radius 3 is 2.65 bits per heavy atom. The summed E-state index contributed by atoms with van der Waals surface area (Å²) < 4.78 is 4.58. The summed E-state index contributed by atoms with van der Waals surface area (Å²) in [6, 6.07) is -1.41. The maximum Gasteiger partial charge on any atom is 0.329 e. The van der Waals surface area contributed by atoms with Gasteiger partial charge in [-0.25, -0.2) is 4.79 Å². The van der Waals surface area contributed by atoms with Crippen LogP contribution < -0.4 is 10.6 Å². The van der Waals surface area contributed by atoms with Gasteiger partial charge in [-0.1, -0.05) is 0 Å². The Morgan fingerprint density at radius 2 is 2.10 bits per heavy atom. The van der Waals surface area contributed by atoms with Gasteiger partial charge in [-0.3, -0.25) is 19.3 Å². The number of esters is 1. The van der Waals surface area contributed by atoms with Crippen LogP contribution >= 0.6 is 0 Å². The normalized spacial score (nSPS) is 20.6. The fourth-order valence-corrected chi connectivity index (χ4v) is 1.95. The highest BCUT2D eigenvalue weighted by Gasteiger charge is 2.32. The number of nitrogens with one attached hydrogen (secondary N) is 2. The zero-order chi connectivity index (χ0) is 15.3. The Balaban J connectivity index is 2.58. The highest BCUT2D eigenvalue weighted by atomic mass is 16.5. The number of rotatable bonds is 5. The molecule has 1 fully saturated rings. The first kappa shape index (κ1) is 16.1. The van der Waals surface area contributed by atoms with Gasteiger partial charge in [-0.2, -0.15) is 0 Å². The molecule has 0 radical (unpaired) electrons. The highest BCUT2D eigenvalue weighted by Crippen LogP contribution is 2.11. The first-order valence-corrected chi connectivity index (χ1v) is 6.25. The van der Waals surface area contributed by atoms with E-state index < -0.39 is 18.1 Å². The van der Waals surface area contributed by atoms with E-state index in [1.165, 1.54) is 21.1 Å². The van der Waals surface area contributed by atoms with E-state index in [4.69, 9.17) is 0 Å². The molecule has 1 aliphatic heterocycles. The van der Waals surface area contributed by atoms with E-state index in [0.717, 1.165) is 4.90 Å². The smallest absolute Gasteiger partial charge is 0.329 e. The zero-order valence-corrected chi connectivity index (χ0v) is 11.8. The first-order chi connectivity index (χ1) is 9.36. The molecule has 0 aromatic carbocycles. The van der Waals surface area contributed by atoms with Crippen molar-refractivity contribution >= 4 is 23.7 Å². The van der Waals surface area contributed by atoms with Gasteiger partial charge in [0.2, 0.25) is 17.7 Å². The number of carbonyl (C=O) groups excluding carboxylic acids is 4. The number of hydrogen-bond acceptors (Lipinski definition) is 6. The molecule has 0 aromatic rings. The standard InChI is InChI=1S/C12H19N3O5/c1-7(16)14-9(12(19)20-3)6-13-8-4-5-10(17)15(2)11(8)18/h8-9,13H,4-6H2,1-3H3,(H,14,16). The number of likely N-dealkylation sites (N-methyl/N-ethyl adjacent to an activating group) is 1. The van der Waals surface area contributed by atoms with Crippen LogP contribution in [0.15, 0.2) is 0 Å². The van der Waals surface area contributed by atoms with E-state index in [-0.39, 0.29) is 30.7 Å².